The maximum Gasteiger partial charge on any atom is 0.341 e. The van der Waals surface area contributed by atoms with Crippen LogP contribution in [0.25, 0.3) is 10.1 Å². The number of benzene rings is 2. The van der Waals surface area contributed by atoms with E-state index >= 15 is 0 Å². The predicted octanol–water partition coefficient (Wildman–Crippen LogP) is 4.08. The third-order valence-corrected chi connectivity index (χ3v) is 4.39. The number of esters is 1. The van der Waals surface area contributed by atoms with Crippen LogP contribution in [0.3, 0.4) is 0 Å². The maximum absolute atomic E-state index is 13.2. The van der Waals surface area contributed by atoms with E-state index in [0.717, 1.165) is 10.8 Å². The van der Waals surface area contributed by atoms with Crippen LogP contribution < -0.4 is 5.32 Å². The van der Waals surface area contributed by atoms with Crippen molar-refractivity contribution < 1.29 is 18.7 Å². The molecule has 0 bridgehead atoms. The second kappa shape index (κ2) is 6.18. The monoisotopic (exact) mass is 329 g/mol. The molecular weight excluding hydrogens is 317 g/mol. The molecule has 1 N–H and O–H groups in total. The zero-order valence-electron chi connectivity index (χ0n) is 12.1. The van der Waals surface area contributed by atoms with E-state index in [1.807, 2.05) is 12.1 Å². The van der Waals surface area contributed by atoms with Crippen molar-refractivity contribution in [3.8, 4) is 0 Å². The molecule has 3 aromatic rings. The highest BCUT2D eigenvalue weighted by Gasteiger charge is 2.21. The molecule has 0 aliphatic carbocycles. The Kier molecular flexibility index (Phi) is 4.08. The van der Waals surface area contributed by atoms with Gasteiger partial charge in [0.05, 0.1) is 7.11 Å². The molecule has 0 saturated carbocycles. The average Bonchev–Trinajstić information content (AvgIpc) is 2.92. The van der Waals surface area contributed by atoms with Gasteiger partial charge < -0.3 is 10.1 Å². The van der Waals surface area contributed by atoms with Gasteiger partial charge in [-0.1, -0.05) is 24.3 Å². The van der Waals surface area contributed by atoms with Crippen molar-refractivity contribution in [2.24, 2.45) is 0 Å². The molecule has 0 atom stereocenters. The molecule has 23 heavy (non-hydrogen) atoms. The highest BCUT2D eigenvalue weighted by atomic mass is 32.1. The van der Waals surface area contributed by atoms with E-state index in [4.69, 9.17) is 4.74 Å². The molecule has 0 saturated heterocycles. The summed E-state index contributed by atoms with van der Waals surface area (Å²) >= 11 is 1.27. The van der Waals surface area contributed by atoms with Crippen LogP contribution in [-0.2, 0) is 4.74 Å². The topological polar surface area (TPSA) is 55.4 Å². The smallest absolute Gasteiger partial charge is 0.341 e. The molecule has 2 aromatic carbocycles. The third kappa shape index (κ3) is 2.93. The molecule has 1 heterocycles. The largest absolute Gasteiger partial charge is 0.465 e. The Hall–Kier alpha value is -2.73. The van der Waals surface area contributed by atoms with Crippen LogP contribution in [0.5, 0.6) is 0 Å². The molecule has 3 rings (SSSR count). The number of amides is 1. The zero-order valence-corrected chi connectivity index (χ0v) is 12.9. The standard InChI is InChI=1S/C17H12FNO3S/c1-22-17(21)14-12-7-2-3-8-13(12)23-16(14)19-15(20)10-5-4-6-11(18)9-10/h2-9H,1H3,(H,19,20). The summed E-state index contributed by atoms with van der Waals surface area (Å²) in [5.41, 5.74) is 0.483. The molecule has 0 aliphatic rings. The molecule has 0 unspecified atom stereocenters. The van der Waals surface area contributed by atoms with Crippen molar-refractivity contribution >= 4 is 38.3 Å². The fraction of sp³-hybridized carbons (Fsp3) is 0.0588. The number of halogens is 1. The molecule has 0 aliphatic heterocycles. The Morgan fingerprint density at radius 1 is 1.13 bits per heavy atom. The molecule has 0 radical (unpaired) electrons. The number of anilines is 1. The third-order valence-electron chi connectivity index (χ3n) is 3.30. The Balaban J connectivity index is 2.02. The van der Waals surface area contributed by atoms with E-state index in [0.29, 0.717) is 16.0 Å². The summed E-state index contributed by atoms with van der Waals surface area (Å²) < 4.78 is 18.9. The lowest BCUT2D eigenvalue weighted by Crippen LogP contribution is -2.14. The number of hydrogen-bond donors (Lipinski definition) is 1. The number of carbonyl (C=O) groups is 2. The first-order chi connectivity index (χ1) is 11.1. The minimum atomic E-state index is -0.531. The summed E-state index contributed by atoms with van der Waals surface area (Å²) in [5.74, 6) is -1.51. The molecule has 4 nitrogen and oxygen atoms in total. The fourth-order valence-electron chi connectivity index (χ4n) is 2.24. The van der Waals surface area contributed by atoms with E-state index in [-0.39, 0.29) is 5.56 Å². The van der Waals surface area contributed by atoms with Crippen molar-refractivity contribution in [1.82, 2.24) is 0 Å². The van der Waals surface area contributed by atoms with Crippen molar-refractivity contribution in [2.75, 3.05) is 12.4 Å². The molecular formula is C17H12FNO3S. The zero-order chi connectivity index (χ0) is 16.4. The van der Waals surface area contributed by atoms with Crippen molar-refractivity contribution in [3.63, 3.8) is 0 Å². The summed E-state index contributed by atoms with van der Waals surface area (Å²) in [6.07, 6.45) is 0. The first kappa shape index (κ1) is 15.2. The van der Waals surface area contributed by atoms with Gasteiger partial charge in [-0.3, -0.25) is 4.79 Å². The Labute approximate surface area is 135 Å². The quantitative estimate of drug-likeness (QED) is 0.737. The summed E-state index contributed by atoms with van der Waals surface area (Å²) in [6, 6.07) is 12.6. The Morgan fingerprint density at radius 2 is 1.91 bits per heavy atom. The minimum Gasteiger partial charge on any atom is -0.465 e. The fourth-order valence-corrected chi connectivity index (χ4v) is 3.33. The van der Waals surface area contributed by atoms with Gasteiger partial charge in [0, 0.05) is 15.6 Å². The van der Waals surface area contributed by atoms with E-state index < -0.39 is 17.7 Å². The van der Waals surface area contributed by atoms with E-state index in [1.54, 1.807) is 12.1 Å². The normalized spacial score (nSPS) is 10.5. The molecule has 0 spiro atoms. The van der Waals surface area contributed by atoms with Crippen LogP contribution in [0.15, 0.2) is 48.5 Å². The number of rotatable bonds is 3. The van der Waals surface area contributed by atoms with Crippen LogP contribution in [0.4, 0.5) is 9.39 Å². The van der Waals surface area contributed by atoms with Crippen LogP contribution in [-0.4, -0.2) is 19.0 Å². The van der Waals surface area contributed by atoms with Crippen molar-refractivity contribution in [3.05, 3.63) is 65.5 Å². The van der Waals surface area contributed by atoms with E-state index in [9.17, 15) is 14.0 Å². The predicted molar refractivity (Wildman–Crippen MR) is 87.5 cm³/mol. The van der Waals surface area contributed by atoms with Gasteiger partial charge in [-0.25, -0.2) is 9.18 Å². The Bertz CT molecular complexity index is 904. The maximum atomic E-state index is 13.2. The number of fused-ring (bicyclic) bond motifs is 1. The van der Waals surface area contributed by atoms with Gasteiger partial charge in [0.25, 0.3) is 5.91 Å². The van der Waals surface area contributed by atoms with Gasteiger partial charge in [0.15, 0.2) is 0 Å². The number of thiophene rings is 1. The van der Waals surface area contributed by atoms with Gasteiger partial charge in [-0.2, -0.15) is 0 Å². The number of methoxy groups -OCH3 is 1. The number of carbonyl (C=O) groups excluding carboxylic acids is 2. The van der Waals surface area contributed by atoms with Crippen LogP contribution in [0, 0.1) is 5.82 Å². The van der Waals surface area contributed by atoms with E-state index in [1.165, 1.54) is 36.6 Å². The van der Waals surface area contributed by atoms with E-state index in [2.05, 4.69) is 5.32 Å². The van der Waals surface area contributed by atoms with Gasteiger partial charge in [0.2, 0.25) is 0 Å². The SMILES string of the molecule is COC(=O)c1c(NC(=O)c2cccc(F)c2)sc2ccccc12. The summed E-state index contributed by atoms with van der Waals surface area (Å²) in [5, 5.41) is 3.76. The van der Waals surface area contributed by atoms with Gasteiger partial charge in [0.1, 0.15) is 16.4 Å². The molecule has 6 heteroatoms. The average molecular weight is 329 g/mol. The number of hydrogen-bond acceptors (Lipinski definition) is 4. The molecule has 1 aromatic heterocycles. The molecule has 116 valence electrons. The first-order valence-corrected chi connectivity index (χ1v) is 7.58. The lowest BCUT2D eigenvalue weighted by atomic mass is 10.1. The summed E-state index contributed by atoms with van der Waals surface area (Å²) in [4.78, 5) is 24.3. The van der Waals surface area contributed by atoms with Crippen LogP contribution in [0.1, 0.15) is 20.7 Å². The lowest BCUT2D eigenvalue weighted by molar-refractivity contribution is 0.0604. The molecule has 1 amide bonds. The summed E-state index contributed by atoms with van der Waals surface area (Å²) in [7, 11) is 1.28. The van der Waals surface area contributed by atoms with Crippen LogP contribution >= 0.6 is 11.3 Å². The van der Waals surface area contributed by atoms with Gasteiger partial charge >= 0.3 is 5.97 Å². The van der Waals surface area contributed by atoms with Crippen LogP contribution in [0.2, 0.25) is 0 Å². The lowest BCUT2D eigenvalue weighted by Gasteiger charge is -2.06. The summed E-state index contributed by atoms with van der Waals surface area (Å²) in [6.45, 7) is 0. The molecule has 0 fully saturated rings. The highest BCUT2D eigenvalue weighted by molar-refractivity contribution is 7.23. The van der Waals surface area contributed by atoms with Crippen molar-refractivity contribution in [1.29, 1.82) is 0 Å². The second-order valence-electron chi connectivity index (χ2n) is 4.76. The first-order valence-electron chi connectivity index (χ1n) is 6.77. The van der Waals surface area contributed by atoms with Crippen molar-refractivity contribution in [2.45, 2.75) is 0 Å². The minimum absolute atomic E-state index is 0.179. The number of nitrogens with one attached hydrogen (secondary N) is 1. The highest BCUT2D eigenvalue weighted by Crippen LogP contribution is 2.36. The second-order valence-corrected chi connectivity index (χ2v) is 5.81. The Morgan fingerprint density at radius 3 is 2.65 bits per heavy atom. The number of ether oxygens (including phenoxy) is 1. The van der Waals surface area contributed by atoms with Gasteiger partial charge in [-0.15, -0.1) is 11.3 Å². The van der Waals surface area contributed by atoms with Gasteiger partial charge in [-0.05, 0) is 24.3 Å².